The molecule has 4 atom stereocenters. The van der Waals surface area contributed by atoms with E-state index in [4.69, 9.17) is 20.9 Å². The molecule has 0 aliphatic rings. The van der Waals surface area contributed by atoms with Crippen molar-refractivity contribution in [2.24, 2.45) is 11.5 Å². The summed E-state index contributed by atoms with van der Waals surface area (Å²) in [6.45, 7) is -0.374. The summed E-state index contributed by atoms with van der Waals surface area (Å²) >= 11 is 0. The zero-order valence-electron chi connectivity index (χ0n) is 15.0. The quantitative estimate of drug-likeness (QED) is 0.241. The van der Waals surface area contributed by atoms with Crippen LogP contribution in [-0.2, 0) is 0 Å². The Labute approximate surface area is 164 Å². The molecule has 29 heavy (non-hydrogen) atoms. The van der Waals surface area contributed by atoms with E-state index in [-0.39, 0.29) is 29.5 Å². The van der Waals surface area contributed by atoms with Gasteiger partial charge in [-0.1, -0.05) is 24.3 Å². The number of ether oxygens (including phenoxy) is 2. The summed E-state index contributed by atoms with van der Waals surface area (Å²) in [7, 11) is 0. The molecule has 0 spiro atoms. The van der Waals surface area contributed by atoms with Crippen LogP contribution in [-0.4, -0.2) is 51.1 Å². The molecule has 6 N–H and O–H groups in total. The largest absolute Gasteiger partial charge is 0.485 e. The maximum atomic E-state index is 11.0. The lowest BCUT2D eigenvalue weighted by molar-refractivity contribution is -0.386. The molecule has 0 radical (unpaired) electrons. The molecule has 0 aliphatic carbocycles. The predicted octanol–water partition coefficient (Wildman–Crippen LogP) is 0.295. The second-order valence-electron chi connectivity index (χ2n) is 5.99. The van der Waals surface area contributed by atoms with Crippen molar-refractivity contribution in [2.75, 3.05) is 6.61 Å². The average molecular weight is 408 g/mol. The molecule has 2 rings (SSSR count). The van der Waals surface area contributed by atoms with E-state index in [1.807, 2.05) is 0 Å². The number of para-hydroxylation sites is 4. The smallest absolute Gasteiger partial charge is 0.310 e. The average Bonchev–Trinajstić information content (AvgIpc) is 2.71. The van der Waals surface area contributed by atoms with E-state index >= 15 is 0 Å². The summed E-state index contributed by atoms with van der Waals surface area (Å²) < 4.78 is 10.5. The molecule has 12 heteroatoms. The van der Waals surface area contributed by atoms with Gasteiger partial charge in [0.15, 0.2) is 17.7 Å². The van der Waals surface area contributed by atoms with Crippen molar-refractivity contribution in [1.82, 2.24) is 0 Å². The van der Waals surface area contributed by atoms with Crippen molar-refractivity contribution in [2.45, 2.75) is 24.5 Å². The summed E-state index contributed by atoms with van der Waals surface area (Å²) in [6.07, 6.45) is -4.90. The fraction of sp³-hybridized carbons (Fsp3) is 0.294. The number of aliphatic hydroxyl groups is 2. The van der Waals surface area contributed by atoms with Gasteiger partial charge in [-0.2, -0.15) is 0 Å². The Morgan fingerprint density at radius 2 is 1.34 bits per heavy atom. The van der Waals surface area contributed by atoms with Crippen LogP contribution in [0.25, 0.3) is 0 Å². The molecule has 0 aliphatic heterocycles. The van der Waals surface area contributed by atoms with Crippen LogP contribution in [0, 0.1) is 20.2 Å². The molecule has 0 aromatic heterocycles. The Balaban J connectivity index is 1.99. The Bertz CT molecular complexity index is 865. The van der Waals surface area contributed by atoms with Crippen molar-refractivity contribution in [3.8, 4) is 11.5 Å². The molecule has 0 fully saturated rings. The molecule has 0 saturated carbocycles. The third kappa shape index (κ3) is 5.58. The third-order valence-electron chi connectivity index (χ3n) is 3.94. The van der Waals surface area contributed by atoms with Crippen LogP contribution in [0.1, 0.15) is 0 Å². The lowest BCUT2D eigenvalue weighted by Gasteiger charge is -2.28. The van der Waals surface area contributed by atoms with Crippen LogP contribution >= 0.6 is 0 Å². The van der Waals surface area contributed by atoms with E-state index in [0.717, 1.165) is 0 Å². The molecule has 0 amide bonds. The van der Waals surface area contributed by atoms with Gasteiger partial charge in [0.1, 0.15) is 18.8 Å². The van der Waals surface area contributed by atoms with E-state index in [1.165, 1.54) is 48.5 Å². The van der Waals surface area contributed by atoms with Crippen molar-refractivity contribution in [3.05, 3.63) is 68.8 Å². The number of nitrogens with zero attached hydrogens (tertiary/aromatic N) is 2. The van der Waals surface area contributed by atoms with E-state index in [9.17, 15) is 30.4 Å². The first-order valence-corrected chi connectivity index (χ1v) is 8.36. The summed E-state index contributed by atoms with van der Waals surface area (Å²) in [5.41, 5.74) is 10.8. The van der Waals surface area contributed by atoms with Crippen molar-refractivity contribution < 1.29 is 29.5 Å². The van der Waals surface area contributed by atoms with Crippen LogP contribution in [0.2, 0.25) is 0 Å². The van der Waals surface area contributed by atoms with Crippen LogP contribution in [0.4, 0.5) is 11.4 Å². The number of nitro benzene ring substituents is 2. The Hall–Kier alpha value is -3.32. The van der Waals surface area contributed by atoms with Gasteiger partial charge in [-0.25, -0.2) is 0 Å². The standard InChI is InChI=1S/C17H20N4O8/c18-10(9-28-13-7-3-1-5-11(13)20(24)25)15(22)16(23)17(19)29-14-8-4-2-6-12(14)21(26)27/h1-8,10,15-17,22-23H,9,18-19H2/t10-,15+,16-,17-/m0/s1. The summed E-state index contributed by atoms with van der Waals surface area (Å²) in [4.78, 5) is 20.7. The van der Waals surface area contributed by atoms with Gasteiger partial charge in [0.25, 0.3) is 0 Å². The summed E-state index contributed by atoms with van der Waals surface area (Å²) in [5.74, 6) is -0.254. The van der Waals surface area contributed by atoms with Gasteiger partial charge in [0, 0.05) is 12.1 Å². The zero-order chi connectivity index (χ0) is 21.6. The van der Waals surface area contributed by atoms with Crippen molar-refractivity contribution in [1.29, 1.82) is 0 Å². The number of benzene rings is 2. The van der Waals surface area contributed by atoms with Crippen molar-refractivity contribution in [3.63, 3.8) is 0 Å². The minimum Gasteiger partial charge on any atom is -0.485 e. The number of hydrogen-bond acceptors (Lipinski definition) is 10. The first-order valence-electron chi connectivity index (χ1n) is 8.36. The molecule has 2 aromatic carbocycles. The first kappa shape index (κ1) is 22.0. The molecule has 12 nitrogen and oxygen atoms in total. The summed E-state index contributed by atoms with van der Waals surface area (Å²) in [6, 6.07) is 9.77. The van der Waals surface area contributed by atoms with Crippen LogP contribution < -0.4 is 20.9 Å². The number of hydrogen-bond donors (Lipinski definition) is 4. The Morgan fingerprint density at radius 3 is 1.90 bits per heavy atom. The molecule has 2 aromatic rings. The fourth-order valence-electron chi connectivity index (χ4n) is 2.39. The van der Waals surface area contributed by atoms with Gasteiger partial charge in [-0.05, 0) is 12.1 Å². The SMILES string of the molecule is N[C@@H](COc1ccccc1[N+](=O)[O-])[C@@H](O)[C@H](O)[C@@H](N)Oc1ccccc1[N+](=O)[O-]. The van der Waals surface area contributed by atoms with Gasteiger partial charge >= 0.3 is 11.4 Å². The number of nitrogens with two attached hydrogens (primary N) is 2. The molecular formula is C17H20N4O8. The number of aliphatic hydroxyl groups excluding tert-OH is 2. The Kier molecular flexibility index (Phi) is 7.39. The highest BCUT2D eigenvalue weighted by Crippen LogP contribution is 2.27. The maximum Gasteiger partial charge on any atom is 0.310 e. The Morgan fingerprint density at radius 1 is 0.862 bits per heavy atom. The minimum atomic E-state index is -1.72. The van der Waals surface area contributed by atoms with Crippen LogP contribution in [0.5, 0.6) is 11.5 Å². The molecule has 0 heterocycles. The van der Waals surface area contributed by atoms with E-state index in [0.29, 0.717) is 0 Å². The van der Waals surface area contributed by atoms with Crippen LogP contribution in [0.3, 0.4) is 0 Å². The van der Waals surface area contributed by atoms with Gasteiger partial charge < -0.3 is 25.4 Å². The lowest BCUT2D eigenvalue weighted by Crippen LogP contribution is -2.55. The minimum absolute atomic E-state index is 0.0601. The van der Waals surface area contributed by atoms with Crippen LogP contribution in [0.15, 0.2) is 48.5 Å². The predicted molar refractivity (Wildman–Crippen MR) is 100 cm³/mol. The second kappa shape index (κ2) is 9.75. The second-order valence-corrected chi connectivity index (χ2v) is 5.99. The first-order chi connectivity index (χ1) is 13.7. The monoisotopic (exact) mass is 408 g/mol. The fourth-order valence-corrected chi connectivity index (χ4v) is 2.39. The molecular weight excluding hydrogens is 388 g/mol. The highest BCUT2D eigenvalue weighted by Gasteiger charge is 2.32. The van der Waals surface area contributed by atoms with Gasteiger partial charge in [0.2, 0.25) is 0 Å². The highest BCUT2D eigenvalue weighted by atomic mass is 16.6. The molecule has 0 unspecified atom stereocenters. The number of nitro groups is 2. The van der Waals surface area contributed by atoms with Gasteiger partial charge in [-0.3, -0.25) is 26.0 Å². The lowest BCUT2D eigenvalue weighted by atomic mass is 10.1. The highest BCUT2D eigenvalue weighted by molar-refractivity contribution is 5.46. The van der Waals surface area contributed by atoms with E-state index in [1.54, 1.807) is 0 Å². The van der Waals surface area contributed by atoms with Gasteiger partial charge in [-0.15, -0.1) is 0 Å². The molecule has 156 valence electrons. The number of rotatable bonds is 10. The normalized spacial score (nSPS) is 15.0. The topological polar surface area (TPSA) is 197 Å². The third-order valence-corrected chi connectivity index (χ3v) is 3.94. The van der Waals surface area contributed by atoms with E-state index < -0.39 is 34.3 Å². The van der Waals surface area contributed by atoms with Gasteiger partial charge in [0.05, 0.1) is 15.9 Å². The molecule has 0 saturated heterocycles. The molecule has 0 bridgehead atoms. The van der Waals surface area contributed by atoms with E-state index in [2.05, 4.69) is 0 Å². The maximum absolute atomic E-state index is 11.0. The zero-order valence-corrected chi connectivity index (χ0v) is 15.0. The summed E-state index contributed by atoms with van der Waals surface area (Å²) in [5, 5.41) is 42.3. The van der Waals surface area contributed by atoms with Crippen molar-refractivity contribution >= 4 is 11.4 Å².